The van der Waals surface area contributed by atoms with E-state index in [4.69, 9.17) is 4.74 Å². The lowest BCUT2D eigenvalue weighted by Crippen LogP contribution is -2.42. The summed E-state index contributed by atoms with van der Waals surface area (Å²) in [4.78, 5) is 23.9. The number of rotatable bonds is 8. The van der Waals surface area contributed by atoms with Crippen LogP contribution in [0.3, 0.4) is 0 Å². The molecule has 0 radical (unpaired) electrons. The summed E-state index contributed by atoms with van der Waals surface area (Å²) in [6, 6.07) is 8.06. The van der Waals surface area contributed by atoms with E-state index >= 15 is 0 Å². The summed E-state index contributed by atoms with van der Waals surface area (Å²) >= 11 is 0. The number of esters is 1. The zero-order chi connectivity index (χ0) is 15.0. The number of Topliss-reactive ketones (excluding diaryl/α,β-unsaturated/α-hetero) is 1. The number of carbonyl (C=O) groups excluding carboxylic acids is 2. The molecule has 0 aliphatic carbocycles. The molecule has 0 bridgehead atoms. The third-order valence-electron chi connectivity index (χ3n) is 2.71. The molecule has 5 heteroatoms. The van der Waals surface area contributed by atoms with Crippen LogP contribution in [0.15, 0.2) is 30.3 Å². The monoisotopic (exact) mass is 279 g/mol. The summed E-state index contributed by atoms with van der Waals surface area (Å²) in [5.74, 6) is -0.612. The van der Waals surface area contributed by atoms with Crippen LogP contribution in [-0.2, 0) is 9.53 Å². The van der Waals surface area contributed by atoms with Crippen LogP contribution in [0, 0.1) is 0 Å². The van der Waals surface area contributed by atoms with Crippen molar-refractivity contribution in [1.29, 1.82) is 0 Å². The fourth-order valence-corrected chi connectivity index (χ4v) is 1.76. The van der Waals surface area contributed by atoms with Gasteiger partial charge in [-0.15, -0.1) is 0 Å². The largest absolute Gasteiger partial charge is 0.466 e. The van der Waals surface area contributed by atoms with Gasteiger partial charge in [-0.3, -0.25) is 9.59 Å². The number of nitrogens with one attached hydrogen (secondary N) is 1. The van der Waals surface area contributed by atoms with Crippen molar-refractivity contribution in [3.05, 3.63) is 35.9 Å². The maximum Gasteiger partial charge on any atom is 0.307 e. The second-order valence-corrected chi connectivity index (χ2v) is 4.55. The third-order valence-corrected chi connectivity index (χ3v) is 2.71. The average molecular weight is 279 g/mol. The number of benzene rings is 1. The summed E-state index contributed by atoms with van der Waals surface area (Å²) in [5, 5.41) is 12.2. The lowest BCUT2D eigenvalue weighted by Gasteiger charge is -2.18. The van der Waals surface area contributed by atoms with Crippen molar-refractivity contribution in [2.24, 2.45) is 0 Å². The Kier molecular flexibility index (Phi) is 6.90. The fraction of sp³-hybridized carbons (Fsp3) is 0.467. The summed E-state index contributed by atoms with van der Waals surface area (Å²) in [5.41, 5.74) is 0.528. The molecule has 0 fully saturated rings. The molecule has 0 heterocycles. The first kappa shape index (κ1) is 16.3. The van der Waals surface area contributed by atoms with Crippen molar-refractivity contribution in [3.63, 3.8) is 0 Å². The Labute approximate surface area is 118 Å². The number of hydrogen-bond donors (Lipinski definition) is 2. The highest BCUT2D eigenvalue weighted by atomic mass is 16.5. The Morgan fingerprint density at radius 2 is 1.95 bits per heavy atom. The molecule has 1 aromatic carbocycles. The predicted octanol–water partition coefficient (Wildman–Crippen LogP) is 1.16. The van der Waals surface area contributed by atoms with Crippen LogP contribution in [0.1, 0.15) is 30.6 Å². The van der Waals surface area contributed by atoms with E-state index in [1.54, 1.807) is 38.1 Å². The number of ketones is 1. The highest BCUT2D eigenvalue weighted by Crippen LogP contribution is 2.07. The van der Waals surface area contributed by atoms with Crippen molar-refractivity contribution in [1.82, 2.24) is 5.32 Å². The van der Waals surface area contributed by atoms with Gasteiger partial charge in [0.1, 0.15) is 0 Å². The Hall–Kier alpha value is -1.72. The first-order valence-corrected chi connectivity index (χ1v) is 6.71. The topological polar surface area (TPSA) is 75.6 Å². The van der Waals surface area contributed by atoms with Gasteiger partial charge in [-0.05, 0) is 13.8 Å². The van der Waals surface area contributed by atoms with Crippen LogP contribution in [0.5, 0.6) is 0 Å². The van der Waals surface area contributed by atoms with E-state index in [0.29, 0.717) is 5.56 Å². The zero-order valence-electron chi connectivity index (χ0n) is 11.8. The van der Waals surface area contributed by atoms with E-state index in [-0.39, 0.29) is 25.4 Å². The summed E-state index contributed by atoms with van der Waals surface area (Å²) in [6.45, 7) is 3.85. The van der Waals surface area contributed by atoms with Gasteiger partial charge in [-0.2, -0.15) is 0 Å². The average Bonchev–Trinajstić information content (AvgIpc) is 2.43. The van der Waals surface area contributed by atoms with Gasteiger partial charge in [0.25, 0.3) is 0 Å². The van der Waals surface area contributed by atoms with E-state index < -0.39 is 18.1 Å². The van der Waals surface area contributed by atoms with Crippen LogP contribution >= 0.6 is 0 Å². The molecule has 0 saturated carbocycles. The minimum Gasteiger partial charge on any atom is -0.466 e. The third kappa shape index (κ3) is 5.50. The maximum absolute atomic E-state index is 12.3. The lowest BCUT2D eigenvalue weighted by atomic mass is 10.0. The number of aliphatic hydroxyl groups excluding tert-OH is 1. The van der Waals surface area contributed by atoms with E-state index in [9.17, 15) is 14.7 Å². The highest BCUT2D eigenvalue weighted by molar-refractivity contribution is 6.01. The molecule has 110 valence electrons. The van der Waals surface area contributed by atoms with Crippen LogP contribution in [0.25, 0.3) is 0 Å². The van der Waals surface area contributed by atoms with Crippen molar-refractivity contribution < 1.29 is 19.4 Å². The van der Waals surface area contributed by atoms with Crippen molar-refractivity contribution >= 4 is 11.8 Å². The molecule has 0 aromatic heterocycles. The van der Waals surface area contributed by atoms with E-state index in [1.807, 2.05) is 6.07 Å². The van der Waals surface area contributed by atoms with Crippen molar-refractivity contribution in [2.75, 3.05) is 13.2 Å². The molecule has 0 aliphatic heterocycles. The first-order chi connectivity index (χ1) is 9.54. The smallest absolute Gasteiger partial charge is 0.307 e. The van der Waals surface area contributed by atoms with Crippen LogP contribution in [0.2, 0.25) is 0 Å². The van der Waals surface area contributed by atoms with Crippen LogP contribution < -0.4 is 5.32 Å². The molecule has 0 amide bonds. The van der Waals surface area contributed by atoms with Gasteiger partial charge in [-0.1, -0.05) is 30.3 Å². The number of ether oxygens (including phenoxy) is 1. The molecule has 2 unspecified atom stereocenters. The minimum absolute atomic E-state index is 0.0473. The first-order valence-electron chi connectivity index (χ1n) is 6.71. The standard InChI is InChI=1S/C15H21NO4/c1-3-20-14(18)9-13(16-10-11(2)17)15(19)12-7-5-4-6-8-12/h4-8,11,13,16-17H,3,9-10H2,1-2H3. The Bertz CT molecular complexity index is 431. The normalized spacial score (nSPS) is 13.6. The van der Waals surface area contributed by atoms with Crippen molar-refractivity contribution in [2.45, 2.75) is 32.4 Å². The zero-order valence-corrected chi connectivity index (χ0v) is 11.8. The summed E-state index contributed by atoms with van der Waals surface area (Å²) in [7, 11) is 0. The van der Waals surface area contributed by atoms with Gasteiger partial charge < -0.3 is 15.2 Å². The second-order valence-electron chi connectivity index (χ2n) is 4.55. The van der Waals surface area contributed by atoms with Crippen molar-refractivity contribution in [3.8, 4) is 0 Å². The van der Waals surface area contributed by atoms with Crippen LogP contribution in [-0.4, -0.2) is 42.2 Å². The molecule has 0 spiro atoms. The van der Waals surface area contributed by atoms with E-state index in [1.165, 1.54) is 0 Å². The minimum atomic E-state index is -0.689. The molecule has 20 heavy (non-hydrogen) atoms. The number of carbonyl (C=O) groups is 2. The maximum atomic E-state index is 12.3. The summed E-state index contributed by atoms with van der Waals surface area (Å²) in [6.07, 6.45) is -0.642. The molecule has 2 atom stereocenters. The Morgan fingerprint density at radius 3 is 2.50 bits per heavy atom. The molecule has 1 rings (SSSR count). The van der Waals surface area contributed by atoms with E-state index in [0.717, 1.165) is 0 Å². The van der Waals surface area contributed by atoms with Gasteiger partial charge >= 0.3 is 5.97 Å². The molecule has 0 saturated heterocycles. The molecule has 2 N–H and O–H groups in total. The predicted molar refractivity (Wildman–Crippen MR) is 75.5 cm³/mol. The second kappa shape index (κ2) is 8.45. The fourth-order valence-electron chi connectivity index (χ4n) is 1.76. The van der Waals surface area contributed by atoms with Gasteiger partial charge in [0.15, 0.2) is 5.78 Å². The molecule has 1 aromatic rings. The SMILES string of the molecule is CCOC(=O)CC(NCC(C)O)C(=O)c1ccccc1. The Balaban J connectivity index is 2.75. The highest BCUT2D eigenvalue weighted by Gasteiger charge is 2.23. The van der Waals surface area contributed by atoms with E-state index in [2.05, 4.69) is 5.32 Å². The quantitative estimate of drug-likeness (QED) is 0.552. The Morgan fingerprint density at radius 1 is 1.30 bits per heavy atom. The molecular weight excluding hydrogens is 258 g/mol. The van der Waals surface area contributed by atoms with Crippen LogP contribution in [0.4, 0.5) is 0 Å². The number of hydrogen-bond acceptors (Lipinski definition) is 5. The molecular formula is C15H21NO4. The van der Waals surface area contributed by atoms with Gasteiger partial charge in [0, 0.05) is 12.1 Å². The van der Waals surface area contributed by atoms with Gasteiger partial charge in [-0.25, -0.2) is 0 Å². The van der Waals surface area contributed by atoms with Gasteiger partial charge in [0.2, 0.25) is 0 Å². The number of aliphatic hydroxyl groups is 1. The summed E-state index contributed by atoms with van der Waals surface area (Å²) < 4.78 is 4.87. The molecule has 0 aliphatic rings. The molecule has 5 nitrogen and oxygen atoms in total. The lowest BCUT2D eigenvalue weighted by molar-refractivity contribution is -0.143. The van der Waals surface area contributed by atoms with Gasteiger partial charge in [0.05, 0.1) is 25.2 Å².